The summed E-state index contributed by atoms with van der Waals surface area (Å²) >= 11 is 7.23. The normalized spacial score (nSPS) is 20.2. The lowest BCUT2D eigenvalue weighted by atomic mass is 9.85. The molecule has 1 aromatic carbocycles. The molecule has 0 bridgehead atoms. The maximum atomic E-state index is 12.7. The Morgan fingerprint density at radius 1 is 1.36 bits per heavy atom. The van der Waals surface area contributed by atoms with Crippen molar-refractivity contribution in [2.75, 3.05) is 7.11 Å². The van der Waals surface area contributed by atoms with E-state index in [1.807, 2.05) is 0 Å². The number of thioether (sulfide) groups is 1. The second kappa shape index (κ2) is 6.87. The maximum Gasteiger partial charge on any atom is 0.416 e. The molecule has 3 rings (SSSR count). The molecule has 0 N–H and O–H groups in total. The number of halogens is 4. The Bertz CT molecular complexity index is 791. The summed E-state index contributed by atoms with van der Waals surface area (Å²) < 4.78 is 48.1. The number of rotatable bonds is 4. The maximum absolute atomic E-state index is 12.7. The molecule has 1 aliphatic carbocycles. The van der Waals surface area contributed by atoms with Crippen molar-refractivity contribution in [3.63, 3.8) is 0 Å². The number of nitrogens with zero attached hydrogens (tertiary/aromatic N) is 2. The fraction of sp³-hybridized carbons (Fsp3) is 0.400. The van der Waals surface area contributed by atoms with Crippen LogP contribution in [0.1, 0.15) is 18.4 Å². The molecule has 0 atom stereocenters. The van der Waals surface area contributed by atoms with Gasteiger partial charge in [-0.2, -0.15) is 13.2 Å². The van der Waals surface area contributed by atoms with Gasteiger partial charge in [-0.05, 0) is 31.0 Å². The molecular weight excluding hydrogens is 381 g/mol. The fourth-order valence-corrected chi connectivity index (χ4v) is 3.81. The zero-order valence-corrected chi connectivity index (χ0v) is 14.4. The van der Waals surface area contributed by atoms with Crippen LogP contribution in [0.3, 0.4) is 0 Å². The van der Waals surface area contributed by atoms with Crippen molar-refractivity contribution < 1.29 is 27.1 Å². The minimum atomic E-state index is -4.47. The first kappa shape index (κ1) is 18.1. The molecule has 0 amide bonds. The van der Waals surface area contributed by atoms with E-state index in [9.17, 15) is 18.0 Å². The van der Waals surface area contributed by atoms with Gasteiger partial charge in [0, 0.05) is 5.25 Å². The van der Waals surface area contributed by atoms with Crippen molar-refractivity contribution >= 4 is 29.3 Å². The minimum Gasteiger partial charge on any atom is -0.469 e. The van der Waals surface area contributed by atoms with E-state index < -0.39 is 11.7 Å². The van der Waals surface area contributed by atoms with Crippen LogP contribution in [0, 0.1) is 5.92 Å². The van der Waals surface area contributed by atoms with Crippen molar-refractivity contribution in [1.82, 2.24) is 10.2 Å². The first-order valence-corrected chi connectivity index (χ1v) is 8.49. The van der Waals surface area contributed by atoms with Gasteiger partial charge in [0.1, 0.15) is 0 Å². The lowest BCUT2D eigenvalue weighted by Crippen LogP contribution is -2.33. The third-order valence-electron chi connectivity index (χ3n) is 3.83. The minimum absolute atomic E-state index is 0.0464. The molecule has 1 fully saturated rings. The molecule has 10 heteroatoms. The predicted octanol–water partition coefficient (Wildman–Crippen LogP) is 4.45. The summed E-state index contributed by atoms with van der Waals surface area (Å²) in [5.41, 5.74) is -0.617. The van der Waals surface area contributed by atoms with Crippen LogP contribution < -0.4 is 0 Å². The van der Waals surface area contributed by atoms with E-state index in [1.54, 1.807) is 0 Å². The Labute approximate surface area is 149 Å². The van der Waals surface area contributed by atoms with Gasteiger partial charge < -0.3 is 9.15 Å². The monoisotopic (exact) mass is 392 g/mol. The molecule has 25 heavy (non-hydrogen) atoms. The summed E-state index contributed by atoms with van der Waals surface area (Å²) in [5.74, 6) is -0.307. The van der Waals surface area contributed by atoms with Crippen molar-refractivity contribution in [1.29, 1.82) is 0 Å². The Morgan fingerprint density at radius 2 is 2.08 bits per heavy atom. The van der Waals surface area contributed by atoms with Gasteiger partial charge in [0.2, 0.25) is 5.89 Å². The van der Waals surface area contributed by atoms with E-state index >= 15 is 0 Å². The van der Waals surface area contributed by atoms with E-state index in [4.69, 9.17) is 16.0 Å². The number of alkyl halides is 3. The molecule has 0 saturated heterocycles. The van der Waals surface area contributed by atoms with E-state index in [0.29, 0.717) is 12.8 Å². The molecule has 0 radical (unpaired) electrons. The van der Waals surface area contributed by atoms with Gasteiger partial charge >= 0.3 is 12.1 Å². The molecule has 1 aromatic heterocycles. The van der Waals surface area contributed by atoms with Crippen LogP contribution in [-0.4, -0.2) is 28.5 Å². The first-order valence-electron chi connectivity index (χ1n) is 7.23. The molecular formula is C15H12ClF3N2O3S. The second-order valence-corrected chi connectivity index (χ2v) is 7.16. The highest BCUT2D eigenvalue weighted by atomic mass is 35.5. The average Bonchev–Trinajstić information content (AvgIpc) is 2.97. The largest absolute Gasteiger partial charge is 0.469 e. The van der Waals surface area contributed by atoms with Gasteiger partial charge in [-0.3, -0.25) is 4.79 Å². The van der Waals surface area contributed by atoms with Crippen LogP contribution in [0.15, 0.2) is 27.8 Å². The molecule has 1 aliphatic rings. The van der Waals surface area contributed by atoms with Gasteiger partial charge in [-0.15, -0.1) is 10.2 Å². The van der Waals surface area contributed by atoms with E-state index in [1.165, 1.54) is 24.9 Å². The summed E-state index contributed by atoms with van der Waals surface area (Å²) in [6, 6.07) is 2.93. The van der Waals surface area contributed by atoms with Crippen LogP contribution in [0.25, 0.3) is 11.5 Å². The molecule has 0 aliphatic heterocycles. The molecule has 1 saturated carbocycles. The Morgan fingerprint density at radius 3 is 2.68 bits per heavy atom. The smallest absolute Gasteiger partial charge is 0.416 e. The highest BCUT2D eigenvalue weighted by molar-refractivity contribution is 7.99. The number of ether oxygens (including phenoxy) is 1. The molecule has 0 spiro atoms. The second-order valence-electron chi connectivity index (χ2n) is 5.50. The zero-order chi connectivity index (χ0) is 18.2. The fourth-order valence-electron chi connectivity index (χ4n) is 2.39. The van der Waals surface area contributed by atoms with Gasteiger partial charge in [-0.25, -0.2) is 0 Å². The molecule has 0 unspecified atom stereocenters. The number of hydrogen-bond acceptors (Lipinski definition) is 6. The first-order chi connectivity index (χ1) is 11.8. The summed E-state index contributed by atoms with van der Waals surface area (Å²) in [6.45, 7) is 0. The van der Waals surface area contributed by atoms with Gasteiger partial charge in [0.15, 0.2) is 0 Å². The molecule has 1 heterocycles. The highest BCUT2D eigenvalue weighted by Crippen LogP contribution is 2.42. The Balaban J connectivity index is 1.67. The lowest BCUT2D eigenvalue weighted by molar-refractivity contribution is -0.148. The van der Waals surface area contributed by atoms with Crippen LogP contribution >= 0.6 is 23.4 Å². The molecule has 2 aromatic rings. The lowest BCUT2D eigenvalue weighted by Gasteiger charge is -2.31. The number of esters is 1. The standard InChI is InChI=1S/C15H12ClF3N2O3S/c1-23-13(22)7-4-9(5-7)25-14-21-20-12(24-14)10-3-2-8(6-11(10)16)15(17,18)19/h2-3,6-7,9H,4-5H2,1H3/t7-,9+. The summed E-state index contributed by atoms with van der Waals surface area (Å²) in [6.07, 6.45) is -3.18. The number of methoxy groups -OCH3 is 1. The van der Waals surface area contributed by atoms with Crippen molar-refractivity contribution in [2.24, 2.45) is 5.92 Å². The van der Waals surface area contributed by atoms with Crippen molar-refractivity contribution in [3.05, 3.63) is 28.8 Å². The summed E-state index contributed by atoms with van der Waals surface area (Å²) in [5, 5.41) is 8.00. The van der Waals surface area contributed by atoms with Crippen LogP contribution in [0.2, 0.25) is 5.02 Å². The Hall–Kier alpha value is -1.74. The van der Waals surface area contributed by atoms with Gasteiger partial charge in [-0.1, -0.05) is 23.4 Å². The number of benzene rings is 1. The number of hydrogen-bond donors (Lipinski definition) is 0. The van der Waals surface area contributed by atoms with Gasteiger partial charge in [0.05, 0.1) is 29.2 Å². The number of aromatic nitrogens is 2. The quantitative estimate of drug-likeness (QED) is 0.716. The van der Waals surface area contributed by atoms with Gasteiger partial charge in [0.25, 0.3) is 5.22 Å². The molecule has 134 valence electrons. The third kappa shape index (κ3) is 3.92. The summed E-state index contributed by atoms with van der Waals surface area (Å²) in [7, 11) is 1.35. The topological polar surface area (TPSA) is 65.2 Å². The average molecular weight is 393 g/mol. The number of carbonyl (C=O) groups excluding carboxylic acids is 1. The predicted molar refractivity (Wildman–Crippen MR) is 84.1 cm³/mol. The van der Waals surface area contributed by atoms with Crippen molar-refractivity contribution in [3.8, 4) is 11.5 Å². The van der Waals surface area contributed by atoms with Crippen LogP contribution in [0.4, 0.5) is 13.2 Å². The van der Waals surface area contributed by atoms with Crippen molar-refractivity contribution in [2.45, 2.75) is 29.5 Å². The van der Waals surface area contributed by atoms with Crippen LogP contribution in [-0.2, 0) is 15.7 Å². The number of carbonyl (C=O) groups is 1. The highest BCUT2D eigenvalue weighted by Gasteiger charge is 2.37. The van der Waals surface area contributed by atoms with E-state index in [-0.39, 0.29) is 38.8 Å². The summed E-state index contributed by atoms with van der Waals surface area (Å²) in [4.78, 5) is 11.3. The zero-order valence-electron chi connectivity index (χ0n) is 12.8. The van der Waals surface area contributed by atoms with E-state index in [0.717, 1.165) is 12.1 Å². The third-order valence-corrected chi connectivity index (χ3v) is 5.23. The Kier molecular flexibility index (Phi) is 4.97. The van der Waals surface area contributed by atoms with E-state index in [2.05, 4.69) is 14.9 Å². The van der Waals surface area contributed by atoms with Crippen LogP contribution in [0.5, 0.6) is 0 Å². The SMILES string of the molecule is COC(=O)[C@H]1C[C@@H](Sc2nnc(-c3ccc(C(F)(F)F)cc3Cl)o2)C1. The molecule has 5 nitrogen and oxygen atoms in total.